The van der Waals surface area contributed by atoms with E-state index in [2.05, 4.69) is 10.3 Å². The van der Waals surface area contributed by atoms with Crippen molar-refractivity contribution in [1.29, 1.82) is 5.26 Å². The van der Waals surface area contributed by atoms with Crippen LogP contribution in [0.5, 0.6) is 5.75 Å². The van der Waals surface area contributed by atoms with E-state index >= 15 is 0 Å². The van der Waals surface area contributed by atoms with Gasteiger partial charge in [0.2, 0.25) is 0 Å². The Morgan fingerprint density at radius 3 is 2.95 bits per heavy atom. The zero-order valence-corrected chi connectivity index (χ0v) is 11.9. The predicted octanol–water partition coefficient (Wildman–Crippen LogP) is 2.44. The molecule has 1 unspecified atom stereocenters. The van der Waals surface area contributed by atoms with E-state index in [0.717, 1.165) is 0 Å². The molecule has 6 heteroatoms. The van der Waals surface area contributed by atoms with E-state index in [-0.39, 0.29) is 18.2 Å². The lowest BCUT2D eigenvalue weighted by atomic mass is 10.2. The summed E-state index contributed by atoms with van der Waals surface area (Å²) in [6.45, 7) is 1.62. The highest BCUT2D eigenvalue weighted by molar-refractivity contribution is 5.93. The van der Waals surface area contributed by atoms with Crippen molar-refractivity contribution >= 4 is 5.91 Å². The molecule has 0 spiro atoms. The number of rotatable bonds is 5. The fraction of sp³-hybridized carbons (Fsp3) is 0.188. The van der Waals surface area contributed by atoms with Gasteiger partial charge in [-0.25, -0.2) is 4.39 Å². The molecule has 1 amide bonds. The van der Waals surface area contributed by atoms with Gasteiger partial charge in [-0.15, -0.1) is 0 Å². The Morgan fingerprint density at radius 2 is 2.32 bits per heavy atom. The number of ether oxygens (including phenoxy) is 1. The smallest absolute Gasteiger partial charge is 0.253 e. The topological polar surface area (TPSA) is 75.0 Å². The molecule has 1 heterocycles. The molecule has 2 aromatic rings. The number of aromatic nitrogens is 1. The Morgan fingerprint density at radius 1 is 1.50 bits per heavy atom. The minimum absolute atomic E-state index is 0.0493. The van der Waals surface area contributed by atoms with Crippen LogP contribution in [0.25, 0.3) is 0 Å². The van der Waals surface area contributed by atoms with Gasteiger partial charge in [-0.05, 0) is 25.1 Å². The van der Waals surface area contributed by atoms with Crippen molar-refractivity contribution in [2.24, 2.45) is 0 Å². The van der Waals surface area contributed by atoms with Gasteiger partial charge in [0.1, 0.15) is 17.6 Å². The maximum Gasteiger partial charge on any atom is 0.253 e. The Hall–Kier alpha value is -2.94. The molecule has 0 radical (unpaired) electrons. The number of carbonyl (C=O) groups is 1. The summed E-state index contributed by atoms with van der Waals surface area (Å²) in [5, 5.41) is 11.3. The lowest BCUT2D eigenvalue weighted by Gasteiger charge is -2.10. The summed E-state index contributed by atoms with van der Waals surface area (Å²) in [7, 11) is 0. The summed E-state index contributed by atoms with van der Waals surface area (Å²) in [6, 6.07) is 9.44. The first-order chi connectivity index (χ1) is 10.6. The van der Waals surface area contributed by atoms with Crippen molar-refractivity contribution in [3.63, 3.8) is 0 Å². The highest BCUT2D eigenvalue weighted by Gasteiger charge is 2.09. The predicted molar refractivity (Wildman–Crippen MR) is 77.5 cm³/mol. The molecule has 112 valence electrons. The van der Waals surface area contributed by atoms with E-state index in [1.165, 1.54) is 18.3 Å². The Balaban J connectivity index is 1.99. The van der Waals surface area contributed by atoms with Crippen LogP contribution in [0, 0.1) is 17.1 Å². The van der Waals surface area contributed by atoms with Gasteiger partial charge in [-0.2, -0.15) is 5.26 Å². The van der Waals surface area contributed by atoms with Crippen molar-refractivity contribution in [3.8, 4) is 11.8 Å². The van der Waals surface area contributed by atoms with Crippen molar-refractivity contribution < 1.29 is 13.9 Å². The maximum absolute atomic E-state index is 13.9. The van der Waals surface area contributed by atoms with E-state index in [4.69, 9.17) is 10.00 Å². The minimum Gasteiger partial charge on any atom is -0.476 e. The molecule has 1 N–H and O–H groups in total. The molecule has 1 aromatic carbocycles. The maximum atomic E-state index is 13.9. The van der Waals surface area contributed by atoms with E-state index < -0.39 is 11.9 Å². The van der Waals surface area contributed by atoms with Gasteiger partial charge in [-0.1, -0.05) is 6.07 Å². The molecule has 0 aliphatic heterocycles. The third-order valence-electron chi connectivity index (χ3n) is 2.88. The van der Waals surface area contributed by atoms with E-state index in [9.17, 15) is 9.18 Å². The normalized spacial score (nSPS) is 11.3. The second kappa shape index (κ2) is 7.18. The zero-order valence-electron chi connectivity index (χ0n) is 11.9. The van der Waals surface area contributed by atoms with Gasteiger partial charge < -0.3 is 10.1 Å². The first kappa shape index (κ1) is 15.4. The lowest BCUT2D eigenvalue weighted by Crippen LogP contribution is -2.23. The number of benzene rings is 1. The van der Waals surface area contributed by atoms with Gasteiger partial charge in [0.15, 0.2) is 6.10 Å². The van der Waals surface area contributed by atoms with Crippen LogP contribution in [0.3, 0.4) is 0 Å². The number of carbonyl (C=O) groups excluding carboxylic acids is 1. The van der Waals surface area contributed by atoms with Crippen molar-refractivity contribution in [2.75, 3.05) is 0 Å². The second-order valence-electron chi connectivity index (χ2n) is 4.57. The van der Waals surface area contributed by atoms with E-state index in [1.54, 1.807) is 31.3 Å². The number of nitriles is 1. The minimum atomic E-state index is -0.657. The van der Waals surface area contributed by atoms with Crippen molar-refractivity contribution in [3.05, 3.63) is 59.7 Å². The van der Waals surface area contributed by atoms with Crippen LogP contribution in [0.4, 0.5) is 4.39 Å². The van der Waals surface area contributed by atoms with Crippen molar-refractivity contribution in [2.45, 2.75) is 19.6 Å². The third kappa shape index (κ3) is 4.03. The second-order valence-corrected chi connectivity index (χ2v) is 4.57. The van der Waals surface area contributed by atoms with Crippen LogP contribution in [-0.2, 0) is 6.54 Å². The average Bonchev–Trinajstić information content (AvgIpc) is 2.54. The number of nitrogens with zero attached hydrogens (tertiary/aromatic N) is 2. The fourth-order valence-corrected chi connectivity index (χ4v) is 1.75. The molecule has 1 aromatic heterocycles. The molecular formula is C16H14FN3O2. The van der Waals surface area contributed by atoms with E-state index in [1.807, 2.05) is 6.07 Å². The van der Waals surface area contributed by atoms with Crippen molar-refractivity contribution in [1.82, 2.24) is 10.3 Å². The monoisotopic (exact) mass is 299 g/mol. The number of amides is 1. The molecule has 1 atom stereocenters. The molecule has 2 rings (SSSR count). The van der Waals surface area contributed by atoms with Crippen LogP contribution in [0.1, 0.15) is 22.8 Å². The largest absolute Gasteiger partial charge is 0.476 e. The van der Waals surface area contributed by atoms with Crippen LogP contribution < -0.4 is 10.1 Å². The van der Waals surface area contributed by atoms with Crippen LogP contribution >= 0.6 is 0 Å². The van der Waals surface area contributed by atoms with Gasteiger partial charge in [0.05, 0.1) is 5.56 Å². The molecular weight excluding hydrogens is 285 g/mol. The molecule has 0 aliphatic rings. The van der Waals surface area contributed by atoms with Gasteiger partial charge in [0, 0.05) is 30.6 Å². The van der Waals surface area contributed by atoms with E-state index in [0.29, 0.717) is 11.1 Å². The first-order valence-electron chi connectivity index (χ1n) is 6.63. The summed E-state index contributed by atoms with van der Waals surface area (Å²) in [5.74, 6) is -0.561. The number of hydrogen-bond acceptors (Lipinski definition) is 4. The highest BCUT2D eigenvalue weighted by Crippen LogP contribution is 2.18. The van der Waals surface area contributed by atoms with Gasteiger partial charge in [0.25, 0.3) is 5.91 Å². The Kier molecular flexibility index (Phi) is 5.04. The Bertz CT molecular complexity index is 698. The van der Waals surface area contributed by atoms with Crippen LogP contribution in [0.2, 0.25) is 0 Å². The number of hydrogen-bond donors (Lipinski definition) is 1. The molecule has 0 fully saturated rings. The summed E-state index contributed by atoms with van der Waals surface area (Å²) in [4.78, 5) is 15.7. The van der Waals surface area contributed by atoms with Crippen LogP contribution in [0.15, 0.2) is 42.7 Å². The summed E-state index contributed by atoms with van der Waals surface area (Å²) < 4.78 is 19.1. The third-order valence-corrected chi connectivity index (χ3v) is 2.88. The van der Waals surface area contributed by atoms with Gasteiger partial charge in [-0.3, -0.25) is 9.78 Å². The number of nitrogens with one attached hydrogen (secondary N) is 1. The molecule has 5 nitrogen and oxygen atoms in total. The SMILES string of the molecule is CC(C#N)Oc1ccc(CNC(=O)c2cccnc2)c(F)c1. The molecule has 22 heavy (non-hydrogen) atoms. The number of halogens is 1. The van der Waals surface area contributed by atoms with Gasteiger partial charge >= 0.3 is 0 Å². The first-order valence-corrected chi connectivity index (χ1v) is 6.63. The number of pyridine rings is 1. The molecule has 0 saturated heterocycles. The quantitative estimate of drug-likeness (QED) is 0.920. The zero-order chi connectivity index (χ0) is 15.9. The molecule has 0 saturated carbocycles. The van der Waals surface area contributed by atoms with Crippen LogP contribution in [-0.4, -0.2) is 17.0 Å². The Labute approximate surface area is 127 Å². The highest BCUT2D eigenvalue weighted by atomic mass is 19.1. The summed E-state index contributed by atoms with van der Waals surface area (Å²) in [5.41, 5.74) is 0.736. The molecule has 0 aliphatic carbocycles. The summed E-state index contributed by atoms with van der Waals surface area (Å²) in [6.07, 6.45) is 2.35. The average molecular weight is 299 g/mol. The molecule has 0 bridgehead atoms. The summed E-state index contributed by atoms with van der Waals surface area (Å²) >= 11 is 0. The standard InChI is InChI=1S/C16H14FN3O2/c1-11(8-18)22-14-5-4-12(15(17)7-14)10-20-16(21)13-3-2-6-19-9-13/h2-7,9,11H,10H2,1H3,(H,20,21). The fourth-order valence-electron chi connectivity index (χ4n) is 1.75. The lowest BCUT2D eigenvalue weighted by molar-refractivity contribution is 0.0950.